The van der Waals surface area contributed by atoms with Crippen LogP contribution >= 0.6 is 0 Å². The molecule has 0 radical (unpaired) electrons. The lowest BCUT2D eigenvalue weighted by atomic mass is 10.1. The zero-order chi connectivity index (χ0) is 17.2. The fraction of sp³-hybridized carbons (Fsp3) is 0.250. The van der Waals surface area contributed by atoms with Gasteiger partial charge in [0.25, 0.3) is 0 Å². The fourth-order valence-electron chi connectivity index (χ4n) is 3.20. The molecule has 0 aliphatic carbocycles. The van der Waals surface area contributed by atoms with Crippen LogP contribution in [0, 0.1) is 6.92 Å². The number of hydrogen-bond acceptors (Lipinski definition) is 4. The van der Waals surface area contributed by atoms with E-state index >= 15 is 0 Å². The van der Waals surface area contributed by atoms with E-state index in [0.717, 1.165) is 29.8 Å². The van der Waals surface area contributed by atoms with E-state index in [0.29, 0.717) is 24.6 Å². The van der Waals surface area contributed by atoms with E-state index in [1.54, 1.807) is 0 Å². The van der Waals surface area contributed by atoms with Crippen molar-refractivity contribution in [3.8, 4) is 11.5 Å². The van der Waals surface area contributed by atoms with Crippen LogP contribution in [0.1, 0.15) is 23.4 Å². The summed E-state index contributed by atoms with van der Waals surface area (Å²) >= 11 is 0. The molecule has 0 atom stereocenters. The molecule has 0 saturated carbocycles. The molecule has 1 aromatic heterocycles. The van der Waals surface area contributed by atoms with Gasteiger partial charge in [0.2, 0.25) is 17.7 Å². The van der Waals surface area contributed by atoms with Crippen LogP contribution in [0.25, 0.3) is 11.5 Å². The minimum Gasteiger partial charge on any atom is -0.421 e. The number of aromatic nitrogens is 2. The molecule has 3 aromatic rings. The van der Waals surface area contributed by atoms with Gasteiger partial charge in [-0.05, 0) is 37.1 Å². The van der Waals surface area contributed by atoms with Gasteiger partial charge in [-0.15, -0.1) is 10.2 Å². The van der Waals surface area contributed by atoms with Gasteiger partial charge in [-0.1, -0.05) is 35.9 Å². The van der Waals surface area contributed by atoms with Crippen molar-refractivity contribution in [3.05, 3.63) is 65.5 Å². The Hall–Kier alpha value is -2.95. The molecule has 1 aliphatic heterocycles. The van der Waals surface area contributed by atoms with Crippen molar-refractivity contribution in [2.75, 3.05) is 11.4 Å². The van der Waals surface area contributed by atoms with Crippen LogP contribution in [0.4, 0.5) is 5.69 Å². The van der Waals surface area contributed by atoms with E-state index in [1.807, 2.05) is 54.3 Å². The standard InChI is InChI=1S/C20H19N3O2/c1-14-5-4-7-16(13-14)20-22-21-18(25-20)9-10-19(24)23-12-11-15-6-2-3-8-17(15)23/h2-8,13H,9-12H2,1H3. The number of fused-ring (bicyclic) bond motifs is 1. The third-order valence-electron chi connectivity index (χ3n) is 4.47. The van der Waals surface area contributed by atoms with Gasteiger partial charge >= 0.3 is 0 Å². The van der Waals surface area contributed by atoms with Crippen LogP contribution in [-0.2, 0) is 17.6 Å². The number of benzene rings is 2. The first-order valence-electron chi connectivity index (χ1n) is 8.48. The highest BCUT2D eigenvalue weighted by Gasteiger charge is 2.24. The van der Waals surface area contributed by atoms with Gasteiger partial charge in [-0.2, -0.15) is 0 Å². The smallest absolute Gasteiger partial charge is 0.247 e. The van der Waals surface area contributed by atoms with Gasteiger partial charge in [0.15, 0.2) is 0 Å². The van der Waals surface area contributed by atoms with Gasteiger partial charge in [-0.25, -0.2) is 0 Å². The van der Waals surface area contributed by atoms with E-state index in [4.69, 9.17) is 4.42 Å². The molecule has 4 rings (SSSR count). The molecule has 0 fully saturated rings. The molecule has 2 heterocycles. The van der Waals surface area contributed by atoms with Crippen molar-refractivity contribution in [1.29, 1.82) is 0 Å². The molecule has 25 heavy (non-hydrogen) atoms. The largest absolute Gasteiger partial charge is 0.421 e. The Morgan fingerprint density at radius 3 is 2.92 bits per heavy atom. The summed E-state index contributed by atoms with van der Waals surface area (Å²) in [4.78, 5) is 14.4. The summed E-state index contributed by atoms with van der Waals surface area (Å²) in [6, 6.07) is 16.0. The molecule has 5 heteroatoms. The van der Waals surface area contributed by atoms with Gasteiger partial charge in [-0.3, -0.25) is 4.79 Å². The van der Waals surface area contributed by atoms with Crippen LogP contribution in [0.15, 0.2) is 52.9 Å². The second kappa shape index (κ2) is 6.51. The summed E-state index contributed by atoms with van der Waals surface area (Å²) in [5.41, 5.74) is 4.30. The minimum absolute atomic E-state index is 0.0975. The average Bonchev–Trinajstić information content (AvgIpc) is 3.27. The zero-order valence-corrected chi connectivity index (χ0v) is 14.1. The van der Waals surface area contributed by atoms with Crippen molar-refractivity contribution in [3.63, 3.8) is 0 Å². The number of para-hydroxylation sites is 1. The van der Waals surface area contributed by atoms with Gasteiger partial charge in [0.1, 0.15) is 0 Å². The van der Waals surface area contributed by atoms with Gasteiger partial charge in [0.05, 0.1) is 0 Å². The lowest BCUT2D eigenvalue weighted by Gasteiger charge is -2.16. The van der Waals surface area contributed by atoms with Crippen LogP contribution in [0.5, 0.6) is 0 Å². The number of anilines is 1. The molecule has 126 valence electrons. The summed E-state index contributed by atoms with van der Waals surface area (Å²) in [5.74, 6) is 1.09. The highest BCUT2D eigenvalue weighted by molar-refractivity contribution is 5.95. The van der Waals surface area contributed by atoms with Crippen molar-refractivity contribution in [1.82, 2.24) is 10.2 Å². The first-order chi connectivity index (χ1) is 12.2. The van der Waals surface area contributed by atoms with Crippen molar-refractivity contribution >= 4 is 11.6 Å². The topological polar surface area (TPSA) is 59.2 Å². The molecule has 0 unspecified atom stereocenters. The van der Waals surface area contributed by atoms with Crippen LogP contribution < -0.4 is 4.90 Å². The van der Waals surface area contributed by atoms with E-state index in [2.05, 4.69) is 16.3 Å². The quantitative estimate of drug-likeness (QED) is 0.732. The second-order valence-corrected chi connectivity index (χ2v) is 6.29. The van der Waals surface area contributed by atoms with E-state index in [1.165, 1.54) is 5.56 Å². The van der Waals surface area contributed by atoms with E-state index < -0.39 is 0 Å². The third-order valence-corrected chi connectivity index (χ3v) is 4.47. The first kappa shape index (κ1) is 15.6. The average molecular weight is 333 g/mol. The summed E-state index contributed by atoms with van der Waals surface area (Å²) in [6.45, 7) is 2.77. The maximum absolute atomic E-state index is 12.5. The van der Waals surface area contributed by atoms with Crippen LogP contribution in [-0.4, -0.2) is 22.6 Å². The summed E-state index contributed by atoms with van der Waals surface area (Å²) in [5, 5.41) is 8.18. The lowest BCUT2D eigenvalue weighted by Crippen LogP contribution is -2.29. The number of aryl methyl sites for hydroxylation is 2. The molecular weight excluding hydrogens is 314 g/mol. The molecule has 0 spiro atoms. The molecule has 0 bridgehead atoms. The highest BCUT2D eigenvalue weighted by atomic mass is 16.4. The monoisotopic (exact) mass is 333 g/mol. The summed E-state index contributed by atoms with van der Waals surface area (Å²) in [6.07, 6.45) is 1.74. The Morgan fingerprint density at radius 2 is 2.04 bits per heavy atom. The number of amides is 1. The molecule has 5 nitrogen and oxygen atoms in total. The SMILES string of the molecule is Cc1cccc(-c2nnc(CCC(=O)N3CCc4ccccc43)o2)c1. The molecule has 0 N–H and O–H groups in total. The summed E-state index contributed by atoms with van der Waals surface area (Å²) < 4.78 is 5.71. The Labute approximate surface area is 146 Å². The van der Waals surface area contributed by atoms with E-state index in [-0.39, 0.29) is 5.91 Å². The highest BCUT2D eigenvalue weighted by Crippen LogP contribution is 2.28. The second-order valence-electron chi connectivity index (χ2n) is 6.29. The van der Waals surface area contributed by atoms with Crippen molar-refractivity contribution in [2.45, 2.75) is 26.2 Å². The zero-order valence-electron chi connectivity index (χ0n) is 14.1. The number of hydrogen-bond donors (Lipinski definition) is 0. The molecular formula is C20H19N3O2. The number of carbonyl (C=O) groups is 1. The predicted molar refractivity (Wildman–Crippen MR) is 95.3 cm³/mol. The maximum Gasteiger partial charge on any atom is 0.247 e. The normalized spacial score (nSPS) is 13.1. The van der Waals surface area contributed by atoms with Crippen LogP contribution in [0.3, 0.4) is 0 Å². The van der Waals surface area contributed by atoms with Crippen LogP contribution in [0.2, 0.25) is 0 Å². The van der Waals surface area contributed by atoms with Gasteiger partial charge in [0, 0.05) is 30.6 Å². The van der Waals surface area contributed by atoms with Gasteiger partial charge < -0.3 is 9.32 Å². The lowest BCUT2D eigenvalue weighted by molar-refractivity contribution is -0.118. The maximum atomic E-state index is 12.5. The number of carbonyl (C=O) groups excluding carboxylic acids is 1. The minimum atomic E-state index is 0.0975. The van der Waals surface area contributed by atoms with Crippen molar-refractivity contribution < 1.29 is 9.21 Å². The number of nitrogens with zero attached hydrogens (tertiary/aromatic N) is 3. The summed E-state index contributed by atoms with van der Waals surface area (Å²) in [7, 11) is 0. The Morgan fingerprint density at radius 1 is 1.16 bits per heavy atom. The Bertz CT molecular complexity index is 917. The van der Waals surface area contributed by atoms with E-state index in [9.17, 15) is 4.79 Å². The molecule has 0 saturated heterocycles. The van der Waals surface area contributed by atoms with Crippen molar-refractivity contribution in [2.24, 2.45) is 0 Å². The Balaban J connectivity index is 1.42. The predicted octanol–water partition coefficient (Wildman–Crippen LogP) is 3.57. The molecule has 2 aromatic carbocycles. The Kier molecular flexibility index (Phi) is 4.06. The molecule has 1 aliphatic rings. The first-order valence-corrected chi connectivity index (χ1v) is 8.48. The molecule has 1 amide bonds. The fourth-order valence-corrected chi connectivity index (χ4v) is 3.20. The third kappa shape index (κ3) is 3.18. The number of rotatable bonds is 4.